The van der Waals surface area contributed by atoms with Crippen molar-refractivity contribution in [1.82, 2.24) is 15.5 Å². The van der Waals surface area contributed by atoms with Gasteiger partial charge in [0.1, 0.15) is 6.61 Å². The first kappa shape index (κ1) is 16.7. The van der Waals surface area contributed by atoms with Gasteiger partial charge in [-0.2, -0.15) is 0 Å². The maximum Gasteiger partial charge on any atom is 0.237 e. The standard InChI is InChI=1S/C14H26N4O2/c1-4-9-20-17-12-10-13(16-11-12)14(19)15-7-8-18(5-2)6-3/h4,13,16H,1,5-11H2,2-3H3,(H,15,19)/b17-12+/t13-/m0/s1. The third kappa shape index (κ3) is 5.71. The predicted octanol–water partition coefficient (Wildman–Crippen LogP) is 0.365. The molecule has 0 aromatic heterocycles. The Morgan fingerprint density at radius 3 is 3.00 bits per heavy atom. The average Bonchev–Trinajstić information content (AvgIpc) is 2.93. The first-order valence-corrected chi connectivity index (χ1v) is 7.23. The van der Waals surface area contributed by atoms with Gasteiger partial charge >= 0.3 is 0 Å². The lowest BCUT2D eigenvalue weighted by Gasteiger charge is -2.18. The first-order chi connectivity index (χ1) is 9.71. The molecule has 1 amide bonds. The Bertz CT molecular complexity index is 340. The van der Waals surface area contributed by atoms with Crippen molar-refractivity contribution in [3.05, 3.63) is 12.7 Å². The minimum Gasteiger partial charge on any atom is -0.392 e. The number of nitrogens with one attached hydrogen (secondary N) is 2. The molecular formula is C14H26N4O2. The van der Waals surface area contributed by atoms with Crippen LogP contribution in [0.5, 0.6) is 0 Å². The minimum atomic E-state index is -0.196. The molecule has 1 atom stereocenters. The van der Waals surface area contributed by atoms with Crippen LogP contribution in [-0.4, -0.2) is 61.9 Å². The van der Waals surface area contributed by atoms with Crippen molar-refractivity contribution in [3.8, 4) is 0 Å². The van der Waals surface area contributed by atoms with Crippen LogP contribution in [0.4, 0.5) is 0 Å². The van der Waals surface area contributed by atoms with Gasteiger partial charge in [-0.1, -0.05) is 31.7 Å². The molecule has 0 aromatic carbocycles. The molecule has 0 saturated carbocycles. The van der Waals surface area contributed by atoms with Crippen LogP contribution >= 0.6 is 0 Å². The van der Waals surface area contributed by atoms with Crippen LogP contribution in [-0.2, 0) is 9.63 Å². The van der Waals surface area contributed by atoms with Crippen molar-refractivity contribution in [2.24, 2.45) is 5.16 Å². The molecule has 0 bridgehead atoms. The maximum atomic E-state index is 12.0. The fourth-order valence-corrected chi connectivity index (χ4v) is 2.06. The first-order valence-electron chi connectivity index (χ1n) is 7.23. The van der Waals surface area contributed by atoms with Gasteiger partial charge in [0.25, 0.3) is 0 Å². The van der Waals surface area contributed by atoms with Gasteiger partial charge < -0.3 is 20.4 Å². The second kappa shape index (κ2) is 9.50. The van der Waals surface area contributed by atoms with Crippen LogP contribution < -0.4 is 10.6 Å². The molecule has 2 N–H and O–H groups in total. The Morgan fingerprint density at radius 2 is 2.35 bits per heavy atom. The number of carbonyl (C=O) groups is 1. The number of hydrogen-bond donors (Lipinski definition) is 2. The van der Waals surface area contributed by atoms with Gasteiger partial charge in [0.2, 0.25) is 5.91 Å². The lowest BCUT2D eigenvalue weighted by Crippen LogP contribution is -2.43. The summed E-state index contributed by atoms with van der Waals surface area (Å²) in [5, 5.41) is 10.1. The predicted molar refractivity (Wildman–Crippen MR) is 80.8 cm³/mol. The average molecular weight is 282 g/mol. The maximum absolute atomic E-state index is 12.0. The summed E-state index contributed by atoms with van der Waals surface area (Å²) in [5.41, 5.74) is 0.871. The lowest BCUT2D eigenvalue weighted by atomic mass is 10.2. The van der Waals surface area contributed by atoms with Crippen LogP contribution in [0.15, 0.2) is 17.8 Å². The quantitative estimate of drug-likeness (QED) is 0.364. The van der Waals surface area contributed by atoms with E-state index in [1.165, 1.54) is 0 Å². The van der Waals surface area contributed by atoms with Crippen molar-refractivity contribution in [2.75, 3.05) is 39.3 Å². The van der Waals surface area contributed by atoms with E-state index in [0.29, 0.717) is 26.1 Å². The number of carbonyl (C=O) groups excluding carboxylic acids is 1. The number of hydrogen-bond acceptors (Lipinski definition) is 5. The van der Waals surface area contributed by atoms with Crippen molar-refractivity contribution in [1.29, 1.82) is 0 Å². The molecule has 1 heterocycles. The van der Waals surface area contributed by atoms with Gasteiger partial charge in [-0.05, 0) is 13.1 Å². The lowest BCUT2D eigenvalue weighted by molar-refractivity contribution is -0.122. The van der Waals surface area contributed by atoms with E-state index in [1.807, 2.05) is 0 Å². The summed E-state index contributed by atoms with van der Waals surface area (Å²) in [5.74, 6) is 0.0334. The van der Waals surface area contributed by atoms with Gasteiger partial charge in [-0.25, -0.2) is 0 Å². The summed E-state index contributed by atoms with van der Waals surface area (Å²) < 4.78 is 0. The van der Waals surface area contributed by atoms with Gasteiger partial charge in [-0.3, -0.25) is 4.79 Å². The Hall–Kier alpha value is -1.40. The number of nitrogens with zero attached hydrogens (tertiary/aromatic N) is 2. The summed E-state index contributed by atoms with van der Waals surface area (Å²) >= 11 is 0. The second-order valence-electron chi connectivity index (χ2n) is 4.70. The zero-order valence-electron chi connectivity index (χ0n) is 12.5. The highest BCUT2D eigenvalue weighted by atomic mass is 16.6. The summed E-state index contributed by atoms with van der Waals surface area (Å²) in [6, 6.07) is -0.196. The van der Waals surface area contributed by atoms with Crippen molar-refractivity contribution < 1.29 is 9.63 Å². The Kier molecular flexibility index (Phi) is 7.91. The molecule has 0 unspecified atom stereocenters. The van der Waals surface area contributed by atoms with Crippen molar-refractivity contribution in [2.45, 2.75) is 26.3 Å². The molecule has 1 aliphatic heterocycles. The molecule has 6 nitrogen and oxygen atoms in total. The van der Waals surface area contributed by atoms with E-state index < -0.39 is 0 Å². The van der Waals surface area contributed by atoms with Gasteiger partial charge in [0, 0.05) is 26.1 Å². The monoisotopic (exact) mass is 282 g/mol. The van der Waals surface area contributed by atoms with Crippen molar-refractivity contribution in [3.63, 3.8) is 0 Å². The molecule has 0 spiro atoms. The molecule has 20 heavy (non-hydrogen) atoms. The van der Waals surface area contributed by atoms with E-state index in [0.717, 1.165) is 25.3 Å². The Labute approximate surface area is 121 Å². The number of rotatable bonds is 9. The van der Waals surface area contributed by atoms with E-state index in [-0.39, 0.29) is 11.9 Å². The second-order valence-corrected chi connectivity index (χ2v) is 4.70. The largest absolute Gasteiger partial charge is 0.392 e. The fourth-order valence-electron chi connectivity index (χ4n) is 2.06. The summed E-state index contributed by atoms with van der Waals surface area (Å²) in [7, 11) is 0. The van der Waals surface area contributed by atoms with Crippen LogP contribution in [0.1, 0.15) is 20.3 Å². The van der Waals surface area contributed by atoms with Gasteiger partial charge in [0.05, 0.1) is 11.8 Å². The van der Waals surface area contributed by atoms with Crippen molar-refractivity contribution >= 4 is 11.6 Å². The van der Waals surface area contributed by atoms with Gasteiger partial charge in [0.15, 0.2) is 0 Å². The molecule has 1 saturated heterocycles. The minimum absolute atomic E-state index is 0.0334. The molecule has 0 aliphatic carbocycles. The topological polar surface area (TPSA) is 66.0 Å². The smallest absolute Gasteiger partial charge is 0.237 e. The normalized spacial score (nSPS) is 20.4. The zero-order chi connectivity index (χ0) is 14.8. The number of oxime groups is 1. The molecule has 0 aromatic rings. The highest BCUT2D eigenvalue weighted by molar-refractivity contribution is 5.96. The van der Waals surface area contributed by atoms with Crippen LogP contribution in [0, 0.1) is 0 Å². The third-order valence-electron chi connectivity index (χ3n) is 3.32. The van der Waals surface area contributed by atoms with E-state index in [9.17, 15) is 4.79 Å². The van der Waals surface area contributed by atoms with Gasteiger partial charge in [-0.15, -0.1) is 0 Å². The van der Waals surface area contributed by atoms with E-state index >= 15 is 0 Å². The molecule has 1 fully saturated rings. The SMILES string of the molecule is C=CCO/N=C1/CN[C@H](C(=O)NCCN(CC)CC)C1. The van der Waals surface area contributed by atoms with Crippen LogP contribution in [0.2, 0.25) is 0 Å². The summed E-state index contributed by atoms with van der Waals surface area (Å²) in [6.07, 6.45) is 2.25. The molecule has 1 aliphatic rings. The number of likely N-dealkylation sites (N-methyl/N-ethyl adjacent to an activating group) is 1. The van der Waals surface area contributed by atoms with E-state index in [4.69, 9.17) is 4.84 Å². The summed E-state index contributed by atoms with van der Waals surface area (Å²) in [4.78, 5) is 19.3. The molecule has 6 heteroatoms. The summed E-state index contributed by atoms with van der Waals surface area (Å²) in [6.45, 7) is 12.4. The Morgan fingerprint density at radius 1 is 1.60 bits per heavy atom. The molecular weight excluding hydrogens is 256 g/mol. The zero-order valence-corrected chi connectivity index (χ0v) is 12.5. The Balaban J connectivity index is 2.24. The highest BCUT2D eigenvalue weighted by Crippen LogP contribution is 2.04. The van der Waals surface area contributed by atoms with E-state index in [1.54, 1.807) is 6.08 Å². The van der Waals surface area contributed by atoms with E-state index in [2.05, 4.69) is 41.1 Å². The van der Waals surface area contributed by atoms with Crippen LogP contribution in [0.3, 0.4) is 0 Å². The third-order valence-corrected chi connectivity index (χ3v) is 3.32. The van der Waals surface area contributed by atoms with Crippen LogP contribution in [0.25, 0.3) is 0 Å². The highest BCUT2D eigenvalue weighted by Gasteiger charge is 2.26. The molecule has 114 valence electrons. The fraction of sp³-hybridized carbons (Fsp3) is 0.714. The molecule has 1 rings (SSSR count). The number of amides is 1. The molecule has 0 radical (unpaired) electrons.